The van der Waals surface area contributed by atoms with Crippen molar-refractivity contribution in [2.24, 2.45) is 0 Å². The van der Waals surface area contributed by atoms with Crippen LogP contribution >= 0.6 is 0 Å². The number of nitrogens with one attached hydrogen (secondary N) is 1. The summed E-state index contributed by atoms with van der Waals surface area (Å²) in [6.45, 7) is 6.28. The van der Waals surface area contributed by atoms with Crippen LogP contribution in [0.2, 0.25) is 0 Å². The Morgan fingerprint density at radius 3 is 2.32 bits per heavy atom. The molecule has 0 bridgehead atoms. The molecule has 7 heteroatoms. The van der Waals surface area contributed by atoms with Gasteiger partial charge in [-0.1, -0.05) is 73.2 Å². The SMILES string of the molecule is CCCN(CC(=O)Nc1cc(-c2ccccc2)nn1-c1ccc(C)cc1C)C(=O)COc1ccccc1. The van der Waals surface area contributed by atoms with Crippen LogP contribution in [0.4, 0.5) is 5.82 Å². The highest BCUT2D eigenvalue weighted by molar-refractivity contribution is 5.94. The molecule has 0 aliphatic carbocycles. The molecule has 0 fully saturated rings. The van der Waals surface area contributed by atoms with Crippen LogP contribution in [0.1, 0.15) is 24.5 Å². The van der Waals surface area contributed by atoms with Gasteiger partial charge in [0, 0.05) is 18.2 Å². The minimum absolute atomic E-state index is 0.0798. The Bertz CT molecular complexity index is 1350. The summed E-state index contributed by atoms with van der Waals surface area (Å²) in [7, 11) is 0. The molecule has 3 aromatic carbocycles. The molecule has 4 aromatic rings. The number of rotatable bonds is 10. The molecule has 0 aliphatic rings. The van der Waals surface area contributed by atoms with Crippen molar-refractivity contribution in [3.63, 3.8) is 0 Å². The molecule has 2 amide bonds. The van der Waals surface area contributed by atoms with Crippen molar-refractivity contribution in [3.05, 3.63) is 96.1 Å². The molecule has 0 atom stereocenters. The van der Waals surface area contributed by atoms with Crippen LogP contribution < -0.4 is 10.1 Å². The van der Waals surface area contributed by atoms with E-state index in [1.807, 2.05) is 87.5 Å². The van der Waals surface area contributed by atoms with Crippen molar-refractivity contribution < 1.29 is 14.3 Å². The average molecular weight is 497 g/mol. The highest BCUT2D eigenvalue weighted by Gasteiger charge is 2.20. The van der Waals surface area contributed by atoms with Gasteiger partial charge in [-0.05, 0) is 44.0 Å². The number of hydrogen-bond donors (Lipinski definition) is 1. The lowest BCUT2D eigenvalue weighted by Crippen LogP contribution is -2.41. The Hall–Kier alpha value is -4.39. The predicted octanol–water partition coefficient (Wildman–Crippen LogP) is 5.41. The van der Waals surface area contributed by atoms with Gasteiger partial charge in [0.2, 0.25) is 5.91 Å². The van der Waals surface area contributed by atoms with E-state index in [4.69, 9.17) is 9.84 Å². The first-order valence-electron chi connectivity index (χ1n) is 12.4. The smallest absolute Gasteiger partial charge is 0.260 e. The number of ether oxygens (including phenoxy) is 1. The molecule has 0 aliphatic heterocycles. The average Bonchev–Trinajstić information content (AvgIpc) is 3.31. The summed E-state index contributed by atoms with van der Waals surface area (Å²) in [5.41, 5.74) is 4.75. The van der Waals surface area contributed by atoms with Crippen LogP contribution in [0, 0.1) is 13.8 Å². The first-order valence-corrected chi connectivity index (χ1v) is 12.4. The molecular weight excluding hydrogens is 464 g/mol. The van der Waals surface area contributed by atoms with Crippen molar-refractivity contribution in [3.8, 4) is 22.7 Å². The fraction of sp³-hybridized carbons (Fsp3) is 0.233. The Kier molecular flexibility index (Phi) is 8.36. The number of benzene rings is 3. The summed E-state index contributed by atoms with van der Waals surface area (Å²) < 4.78 is 7.36. The maximum atomic E-state index is 13.2. The maximum Gasteiger partial charge on any atom is 0.260 e. The van der Waals surface area contributed by atoms with Gasteiger partial charge >= 0.3 is 0 Å². The molecule has 0 saturated heterocycles. The van der Waals surface area contributed by atoms with E-state index in [1.54, 1.807) is 16.8 Å². The van der Waals surface area contributed by atoms with Crippen molar-refractivity contribution in [1.82, 2.24) is 14.7 Å². The van der Waals surface area contributed by atoms with Crippen LogP contribution in [0.5, 0.6) is 5.75 Å². The lowest BCUT2D eigenvalue weighted by Gasteiger charge is -2.22. The summed E-state index contributed by atoms with van der Waals surface area (Å²) >= 11 is 0. The second-order valence-electron chi connectivity index (χ2n) is 8.95. The van der Waals surface area contributed by atoms with E-state index in [-0.39, 0.29) is 25.0 Å². The van der Waals surface area contributed by atoms with Crippen molar-refractivity contribution in [1.29, 1.82) is 0 Å². The van der Waals surface area contributed by atoms with E-state index in [0.717, 1.165) is 34.5 Å². The van der Waals surface area contributed by atoms with Gasteiger partial charge in [-0.25, -0.2) is 4.68 Å². The zero-order valence-electron chi connectivity index (χ0n) is 21.5. The Morgan fingerprint density at radius 2 is 1.65 bits per heavy atom. The van der Waals surface area contributed by atoms with Gasteiger partial charge in [0.05, 0.1) is 11.4 Å². The summed E-state index contributed by atoms with van der Waals surface area (Å²) in [6.07, 6.45) is 0.725. The number of amides is 2. The third-order valence-electron chi connectivity index (χ3n) is 5.91. The van der Waals surface area contributed by atoms with E-state index < -0.39 is 0 Å². The molecule has 37 heavy (non-hydrogen) atoms. The van der Waals surface area contributed by atoms with Crippen LogP contribution in [-0.4, -0.2) is 46.2 Å². The standard InChI is InChI=1S/C30H32N4O3/c1-4-17-33(30(36)21-37-25-13-9-6-10-14-25)20-29(35)31-28-19-26(24-11-7-5-8-12-24)32-34(28)27-16-15-22(2)18-23(27)3/h5-16,18-19H,4,17,20-21H2,1-3H3,(H,31,35). The Morgan fingerprint density at radius 1 is 0.946 bits per heavy atom. The third-order valence-corrected chi connectivity index (χ3v) is 5.91. The van der Waals surface area contributed by atoms with E-state index in [2.05, 4.69) is 11.4 Å². The van der Waals surface area contributed by atoms with E-state index in [1.165, 1.54) is 4.90 Å². The predicted molar refractivity (Wildman–Crippen MR) is 146 cm³/mol. The van der Waals surface area contributed by atoms with Gasteiger partial charge in [0.25, 0.3) is 5.91 Å². The Balaban J connectivity index is 1.54. The molecule has 0 spiro atoms. The molecule has 190 valence electrons. The number of carbonyl (C=O) groups excluding carboxylic acids is 2. The molecule has 4 rings (SSSR count). The van der Waals surface area contributed by atoms with E-state index in [9.17, 15) is 9.59 Å². The van der Waals surface area contributed by atoms with Crippen molar-refractivity contribution in [2.45, 2.75) is 27.2 Å². The highest BCUT2D eigenvalue weighted by atomic mass is 16.5. The number of aryl methyl sites for hydroxylation is 2. The molecular formula is C30H32N4O3. The van der Waals surface area contributed by atoms with Gasteiger partial charge in [-0.2, -0.15) is 5.10 Å². The minimum Gasteiger partial charge on any atom is -0.484 e. The maximum absolute atomic E-state index is 13.2. The normalized spacial score (nSPS) is 10.7. The number of hydrogen-bond acceptors (Lipinski definition) is 4. The molecule has 0 radical (unpaired) electrons. The fourth-order valence-electron chi connectivity index (χ4n) is 4.12. The highest BCUT2D eigenvalue weighted by Crippen LogP contribution is 2.26. The van der Waals surface area contributed by atoms with E-state index in [0.29, 0.717) is 18.1 Å². The lowest BCUT2D eigenvalue weighted by molar-refractivity contribution is -0.136. The van der Waals surface area contributed by atoms with Gasteiger partial charge in [0.15, 0.2) is 6.61 Å². The summed E-state index contributed by atoms with van der Waals surface area (Å²) in [5.74, 6) is 0.614. The first-order chi connectivity index (χ1) is 17.9. The molecule has 0 unspecified atom stereocenters. The Labute approximate surface area is 217 Å². The quantitative estimate of drug-likeness (QED) is 0.318. The number of nitrogens with zero attached hydrogens (tertiary/aromatic N) is 3. The fourth-order valence-corrected chi connectivity index (χ4v) is 4.12. The van der Waals surface area contributed by atoms with Gasteiger partial charge in [-0.3, -0.25) is 9.59 Å². The number of para-hydroxylation sites is 1. The zero-order valence-corrected chi connectivity index (χ0v) is 21.5. The van der Waals surface area contributed by atoms with Gasteiger partial charge in [0.1, 0.15) is 18.1 Å². The summed E-state index contributed by atoms with van der Waals surface area (Å²) in [4.78, 5) is 27.5. The second-order valence-corrected chi connectivity index (χ2v) is 8.95. The number of aromatic nitrogens is 2. The van der Waals surface area contributed by atoms with Crippen LogP contribution in [-0.2, 0) is 9.59 Å². The second kappa shape index (κ2) is 12.0. The van der Waals surface area contributed by atoms with Gasteiger partial charge in [-0.15, -0.1) is 0 Å². The van der Waals surface area contributed by atoms with Gasteiger partial charge < -0.3 is 15.0 Å². The monoisotopic (exact) mass is 496 g/mol. The van der Waals surface area contributed by atoms with E-state index >= 15 is 0 Å². The molecule has 1 N–H and O–H groups in total. The van der Waals surface area contributed by atoms with Crippen LogP contribution in [0.15, 0.2) is 84.9 Å². The number of anilines is 1. The number of carbonyl (C=O) groups is 2. The van der Waals surface area contributed by atoms with Crippen LogP contribution in [0.25, 0.3) is 16.9 Å². The lowest BCUT2D eigenvalue weighted by atomic mass is 10.1. The topological polar surface area (TPSA) is 76.5 Å². The van der Waals surface area contributed by atoms with Crippen molar-refractivity contribution >= 4 is 17.6 Å². The molecule has 1 heterocycles. The largest absolute Gasteiger partial charge is 0.484 e. The molecule has 1 aromatic heterocycles. The first kappa shape index (κ1) is 25.7. The van der Waals surface area contributed by atoms with Crippen LogP contribution in [0.3, 0.4) is 0 Å². The van der Waals surface area contributed by atoms with Crippen molar-refractivity contribution in [2.75, 3.05) is 25.0 Å². The summed E-state index contributed by atoms with van der Waals surface area (Å²) in [5, 5.41) is 7.79. The molecule has 7 nitrogen and oxygen atoms in total. The zero-order chi connectivity index (χ0) is 26.2. The summed E-state index contributed by atoms with van der Waals surface area (Å²) in [6, 6.07) is 26.9. The minimum atomic E-state index is -0.299. The third kappa shape index (κ3) is 6.64. The molecule has 0 saturated carbocycles.